The Kier molecular flexibility index (Phi) is 50.8. The molecule has 2 N–H and O–H groups in total. The van der Waals surface area contributed by atoms with Crippen molar-refractivity contribution in [1.29, 1.82) is 0 Å². The largest absolute Gasteiger partial charge is 0.472 e. The Labute approximate surface area is 428 Å². The number of hydrogen-bond acceptors (Lipinski definition) is 10. The lowest BCUT2D eigenvalue weighted by atomic mass is 10.0. The van der Waals surface area contributed by atoms with Gasteiger partial charge in [-0.25, -0.2) is 4.57 Å². The summed E-state index contributed by atoms with van der Waals surface area (Å²) in [7, 11) is -4.75. The van der Waals surface area contributed by atoms with E-state index in [9.17, 15) is 28.9 Å². The number of hydrogen-bond donors (Lipinski definition) is 2. The average molecular weight is 1010 g/mol. The molecule has 3 unspecified atom stereocenters. The van der Waals surface area contributed by atoms with Gasteiger partial charge in [0.15, 0.2) is 6.10 Å². The highest BCUT2D eigenvalue weighted by Crippen LogP contribution is 2.43. The standard InChI is InChI=1S/C58H105O11P/c1-4-7-10-13-16-19-22-25-26-27-28-31-34-37-40-43-46-49-58(62)69-55(51-65-56(60)47-44-41-38-35-32-29-23-20-17-14-11-8-5-2)53-67-70(63,64)66-52-54(50-59)68-57(61)48-45-42-39-36-33-30-24-21-18-15-12-9-6-3/h9,12,18,20-21,23,30,33,54-55,59H,4-8,10-11,13-17,19,22,24-29,31-32,34-53H2,1-3H3,(H,63,64)/b12-9-,21-18-,23-20-,33-30-. The molecule has 0 aliphatic rings. The molecule has 0 aromatic carbocycles. The van der Waals surface area contributed by atoms with Gasteiger partial charge < -0.3 is 24.2 Å². The number of allylic oxidation sites excluding steroid dienone is 8. The molecule has 0 aromatic heterocycles. The van der Waals surface area contributed by atoms with Gasteiger partial charge in [-0.3, -0.25) is 23.4 Å². The number of carbonyl (C=O) groups is 3. The van der Waals surface area contributed by atoms with Crippen molar-refractivity contribution in [3.05, 3.63) is 48.6 Å². The number of phosphoric ester groups is 1. The topological polar surface area (TPSA) is 155 Å². The van der Waals surface area contributed by atoms with Crippen molar-refractivity contribution in [1.82, 2.24) is 0 Å². The Hall–Kier alpha value is -2.56. The van der Waals surface area contributed by atoms with E-state index in [2.05, 4.69) is 69.4 Å². The van der Waals surface area contributed by atoms with E-state index in [4.69, 9.17) is 23.3 Å². The molecule has 0 aliphatic heterocycles. The van der Waals surface area contributed by atoms with Crippen LogP contribution in [-0.2, 0) is 42.2 Å². The van der Waals surface area contributed by atoms with Gasteiger partial charge in [0.05, 0.1) is 19.8 Å². The fraction of sp³-hybridized carbons (Fsp3) is 0.810. The number of aliphatic hydroxyl groups excluding tert-OH is 1. The van der Waals surface area contributed by atoms with Gasteiger partial charge in [0, 0.05) is 19.3 Å². The maximum Gasteiger partial charge on any atom is 0.472 e. The third kappa shape index (κ3) is 50.4. The van der Waals surface area contributed by atoms with Gasteiger partial charge in [0.25, 0.3) is 0 Å². The predicted molar refractivity (Wildman–Crippen MR) is 289 cm³/mol. The molecule has 0 amide bonds. The smallest absolute Gasteiger partial charge is 0.462 e. The lowest BCUT2D eigenvalue weighted by Gasteiger charge is -2.21. The Balaban J connectivity index is 4.73. The van der Waals surface area contributed by atoms with Crippen LogP contribution < -0.4 is 0 Å². The third-order valence-corrected chi connectivity index (χ3v) is 13.2. The summed E-state index contributed by atoms with van der Waals surface area (Å²) >= 11 is 0. The lowest BCUT2D eigenvalue weighted by molar-refractivity contribution is -0.161. The lowest BCUT2D eigenvalue weighted by Crippen LogP contribution is -2.30. The normalized spacial score (nSPS) is 13.7. The first kappa shape index (κ1) is 67.4. The molecule has 0 fully saturated rings. The first-order valence-electron chi connectivity index (χ1n) is 28.5. The van der Waals surface area contributed by atoms with Crippen molar-refractivity contribution in [3.8, 4) is 0 Å². The number of esters is 3. The Morgan fingerprint density at radius 2 is 0.743 bits per heavy atom. The minimum absolute atomic E-state index is 0.143. The van der Waals surface area contributed by atoms with E-state index in [1.807, 2.05) is 0 Å². The van der Waals surface area contributed by atoms with Crippen LogP contribution in [0.2, 0.25) is 0 Å². The summed E-state index contributed by atoms with van der Waals surface area (Å²) in [5.74, 6) is -1.49. The van der Waals surface area contributed by atoms with E-state index < -0.39 is 57.8 Å². The minimum Gasteiger partial charge on any atom is -0.462 e. The van der Waals surface area contributed by atoms with Crippen molar-refractivity contribution in [2.75, 3.05) is 26.4 Å². The fourth-order valence-corrected chi connectivity index (χ4v) is 8.68. The zero-order chi connectivity index (χ0) is 51.3. The Morgan fingerprint density at radius 3 is 1.19 bits per heavy atom. The first-order valence-corrected chi connectivity index (χ1v) is 30.0. The molecule has 0 heterocycles. The van der Waals surface area contributed by atoms with E-state index in [1.54, 1.807) is 0 Å². The van der Waals surface area contributed by atoms with Crippen LogP contribution >= 0.6 is 7.82 Å². The highest BCUT2D eigenvalue weighted by molar-refractivity contribution is 7.47. The minimum atomic E-state index is -4.75. The summed E-state index contributed by atoms with van der Waals surface area (Å²) < 4.78 is 39.5. The van der Waals surface area contributed by atoms with E-state index in [0.29, 0.717) is 19.3 Å². The molecular weight excluding hydrogens is 904 g/mol. The molecule has 0 spiro atoms. The van der Waals surface area contributed by atoms with Crippen molar-refractivity contribution in [3.63, 3.8) is 0 Å². The second-order valence-electron chi connectivity index (χ2n) is 19.1. The monoisotopic (exact) mass is 1010 g/mol. The number of unbranched alkanes of at least 4 members (excludes halogenated alkanes) is 28. The highest BCUT2D eigenvalue weighted by atomic mass is 31.2. The fourth-order valence-electron chi connectivity index (χ4n) is 7.90. The zero-order valence-corrected chi connectivity index (χ0v) is 45.9. The molecular formula is C58H105O11P. The number of phosphoric acid groups is 1. The molecule has 12 heteroatoms. The quantitative estimate of drug-likeness (QED) is 0.0197. The summed E-state index contributed by atoms with van der Waals surface area (Å²) in [6, 6.07) is 0. The van der Waals surface area contributed by atoms with Crippen LogP contribution in [0.1, 0.15) is 265 Å². The molecule has 0 saturated carbocycles. The van der Waals surface area contributed by atoms with Crippen LogP contribution in [-0.4, -0.2) is 66.5 Å². The molecule has 0 aromatic rings. The van der Waals surface area contributed by atoms with Crippen LogP contribution in [0.5, 0.6) is 0 Å². The van der Waals surface area contributed by atoms with Gasteiger partial charge in [-0.15, -0.1) is 0 Å². The molecule has 0 radical (unpaired) electrons. The van der Waals surface area contributed by atoms with Crippen LogP contribution in [0.15, 0.2) is 48.6 Å². The van der Waals surface area contributed by atoms with Crippen LogP contribution in [0.3, 0.4) is 0 Å². The van der Waals surface area contributed by atoms with E-state index in [1.165, 1.54) is 109 Å². The average Bonchev–Trinajstić information content (AvgIpc) is 3.35. The summed E-state index contributed by atoms with van der Waals surface area (Å²) in [4.78, 5) is 48.4. The molecule has 0 saturated heterocycles. The van der Waals surface area contributed by atoms with E-state index >= 15 is 0 Å². The highest BCUT2D eigenvalue weighted by Gasteiger charge is 2.28. The predicted octanol–water partition coefficient (Wildman–Crippen LogP) is 16.6. The Morgan fingerprint density at radius 1 is 0.414 bits per heavy atom. The molecule has 408 valence electrons. The van der Waals surface area contributed by atoms with Gasteiger partial charge in [-0.05, 0) is 77.0 Å². The second kappa shape index (κ2) is 52.8. The van der Waals surface area contributed by atoms with Crippen molar-refractivity contribution < 1.29 is 52.2 Å². The third-order valence-electron chi connectivity index (χ3n) is 12.2. The first-order chi connectivity index (χ1) is 34.2. The van der Waals surface area contributed by atoms with Gasteiger partial charge in [0.1, 0.15) is 12.7 Å². The summed E-state index contributed by atoms with van der Waals surface area (Å²) in [5.41, 5.74) is 0. The van der Waals surface area contributed by atoms with E-state index in [-0.39, 0.29) is 25.9 Å². The number of carbonyl (C=O) groups excluding carboxylic acids is 3. The van der Waals surface area contributed by atoms with E-state index in [0.717, 1.165) is 96.3 Å². The summed E-state index contributed by atoms with van der Waals surface area (Å²) in [5, 5.41) is 9.79. The van der Waals surface area contributed by atoms with Gasteiger partial charge >= 0.3 is 25.7 Å². The maximum atomic E-state index is 12.9. The number of rotatable bonds is 53. The molecule has 0 aliphatic carbocycles. The summed E-state index contributed by atoms with van der Waals surface area (Å²) in [6.45, 7) is 4.50. The van der Waals surface area contributed by atoms with Crippen LogP contribution in [0, 0.1) is 0 Å². The van der Waals surface area contributed by atoms with Gasteiger partial charge in [-0.1, -0.05) is 217 Å². The number of ether oxygens (including phenoxy) is 3. The van der Waals surface area contributed by atoms with Gasteiger partial charge in [0.2, 0.25) is 0 Å². The second-order valence-corrected chi connectivity index (χ2v) is 20.5. The number of aliphatic hydroxyl groups is 1. The SMILES string of the molecule is CC/C=C\C/C=C\C/C=C\CCCCCC(=O)OC(CO)COP(=O)(O)OCC(COC(=O)CCCCCCC/C=C\CCCCCC)OC(=O)CCCCCCCCCCCCCCCCCCC. The van der Waals surface area contributed by atoms with Crippen molar-refractivity contribution in [2.24, 2.45) is 0 Å². The maximum absolute atomic E-state index is 12.9. The van der Waals surface area contributed by atoms with Crippen LogP contribution in [0.25, 0.3) is 0 Å². The molecule has 0 rings (SSSR count). The molecule has 0 bridgehead atoms. The Bertz CT molecular complexity index is 1360. The van der Waals surface area contributed by atoms with Crippen molar-refractivity contribution in [2.45, 2.75) is 277 Å². The van der Waals surface area contributed by atoms with Crippen molar-refractivity contribution >= 4 is 25.7 Å². The molecule has 70 heavy (non-hydrogen) atoms. The summed E-state index contributed by atoms with van der Waals surface area (Å²) in [6.07, 6.45) is 55.0. The zero-order valence-electron chi connectivity index (χ0n) is 45.0. The van der Waals surface area contributed by atoms with Gasteiger partial charge in [-0.2, -0.15) is 0 Å². The van der Waals surface area contributed by atoms with Crippen LogP contribution in [0.4, 0.5) is 0 Å². The molecule has 3 atom stereocenters. The molecule has 11 nitrogen and oxygen atoms in total.